The van der Waals surface area contributed by atoms with Crippen LogP contribution in [0.25, 0.3) is 0 Å². The Morgan fingerprint density at radius 1 is 1.33 bits per heavy atom. The Morgan fingerprint density at radius 3 is 2.43 bits per heavy atom. The van der Waals surface area contributed by atoms with Gasteiger partial charge in [-0.05, 0) is 33.3 Å². The number of ether oxygens (including phenoxy) is 1. The summed E-state index contributed by atoms with van der Waals surface area (Å²) in [6.07, 6.45) is -0.294. The quantitative estimate of drug-likeness (QED) is 0.812. The number of esters is 1. The van der Waals surface area contributed by atoms with Crippen LogP contribution in [0, 0.1) is 6.92 Å². The van der Waals surface area contributed by atoms with Gasteiger partial charge in [-0.3, -0.25) is 9.59 Å². The standard InChI is InChI=1S/C16H23NO4/c1-10-6-5-7-11(8-10)14(12(17)9-13(18)19)15(20)21-16(2,3)4/h5-8,12,14H,9,17H2,1-4H3,(H,18,19)/t12-,14?/m0/s1. The highest BCUT2D eigenvalue weighted by Crippen LogP contribution is 2.25. The van der Waals surface area contributed by atoms with Gasteiger partial charge in [0.05, 0.1) is 12.3 Å². The predicted molar refractivity (Wildman–Crippen MR) is 80.0 cm³/mol. The second kappa shape index (κ2) is 6.72. The molecule has 1 aromatic rings. The van der Waals surface area contributed by atoms with Crippen molar-refractivity contribution in [3.05, 3.63) is 35.4 Å². The third kappa shape index (κ3) is 5.55. The minimum absolute atomic E-state index is 0.294. The van der Waals surface area contributed by atoms with Gasteiger partial charge in [-0.2, -0.15) is 0 Å². The molecule has 0 aromatic heterocycles. The number of nitrogens with two attached hydrogens (primary N) is 1. The molecule has 1 rings (SSSR count). The molecule has 5 heteroatoms. The third-order valence-electron chi connectivity index (χ3n) is 2.90. The summed E-state index contributed by atoms with van der Waals surface area (Å²) in [5.74, 6) is -2.33. The van der Waals surface area contributed by atoms with E-state index in [0.717, 1.165) is 5.56 Å². The maximum absolute atomic E-state index is 12.4. The van der Waals surface area contributed by atoms with Gasteiger partial charge in [-0.25, -0.2) is 0 Å². The van der Waals surface area contributed by atoms with E-state index in [2.05, 4.69) is 0 Å². The summed E-state index contributed by atoms with van der Waals surface area (Å²) in [5.41, 5.74) is 6.94. The normalized spacial score (nSPS) is 14.3. The molecule has 0 heterocycles. The van der Waals surface area contributed by atoms with Crippen LogP contribution in [0.4, 0.5) is 0 Å². The van der Waals surface area contributed by atoms with Crippen molar-refractivity contribution in [2.75, 3.05) is 0 Å². The molecule has 2 atom stereocenters. The molecule has 0 radical (unpaired) electrons. The lowest BCUT2D eigenvalue weighted by atomic mass is 9.89. The van der Waals surface area contributed by atoms with Crippen molar-refractivity contribution >= 4 is 11.9 Å². The Labute approximate surface area is 125 Å². The van der Waals surface area contributed by atoms with E-state index in [4.69, 9.17) is 15.6 Å². The molecule has 3 N–H and O–H groups in total. The zero-order valence-corrected chi connectivity index (χ0v) is 12.9. The number of carboxylic acid groups (broad SMARTS) is 1. The third-order valence-corrected chi connectivity index (χ3v) is 2.90. The van der Waals surface area contributed by atoms with E-state index < -0.39 is 29.5 Å². The lowest BCUT2D eigenvalue weighted by Gasteiger charge is -2.27. The number of carbonyl (C=O) groups is 2. The summed E-state index contributed by atoms with van der Waals surface area (Å²) in [7, 11) is 0. The van der Waals surface area contributed by atoms with Gasteiger partial charge in [-0.1, -0.05) is 29.8 Å². The molecule has 0 spiro atoms. The minimum Gasteiger partial charge on any atom is -0.481 e. The van der Waals surface area contributed by atoms with Gasteiger partial charge in [0.2, 0.25) is 0 Å². The van der Waals surface area contributed by atoms with Crippen LogP contribution >= 0.6 is 0 Å². The number of aliphatic carboxylic acids is 1. The smallest absolute Gasteiger partial charge is 0.315 e. The van der Waals surface area contributed by atoms with Gasteiger partial charge in [0.1, 0.15) is 5.60 Å². The fraction of sp³-hybridized carbons (Fsp3) is 0.500. The monoisotopic (exact) mass is 293 g/mol. The van der Waals surface area contributed by atoms with Gasteiger partial charge < -0.3 is 15.6 Å². The van der Waals surface area contributed by atoms with E-state index in [0.29, 0.717) is 5.56 Å². The first-order chi connectivity index (χ1) is 9.60. The van der Waals surface area contributed by atoms with Crippen LogP contribution in [0.3, 0.4) is 0 Å². The first kappa shape index (κ1) is 17.2. The van der Waals surface area contributed by atoms with Crippen molar-refractivity contribution < 1.29 is 19.4 Å². The van der Waals surface area contributed by atoms with Gasteiger partial charge in [0.15, 0.2) is 0 Å². The summed E-state index contributed by atoms with van der Waals surface area (Å²) < 4.78 is 5.38. The zero-order valence-electron chi connectivity index (χ0n) is 12.9. The first-order valence-corrected chi connectivity index (χ1v) is 6.87. The number of aryl methyl sites for hydroxylation is 1. The molecule has 1 aromatic carbocycles. The van der Waals surface area contributed by atoms with Crippen molar-refractivity contribution in [3.8, 4) is 0 Å². The highest BCUT2D eigenvalue weighted by Gasteiger charge is 2.32. The van der Waals surface area contributed by atoms with E-state index in [1.807, 2.05) is 25.1 Å². The lowest BCUT2D eigenvalue weighted by Crippen LogP contribution is -2.39. The highest BCUT2D eigenvalue weighted by molar-refractivity contribution is 5.81. The van der Waals surface area contributed by atoms with Crippen LogP contribution in [-0.4, -0.2) is 28.7 Å². The van der Waals surface area contributed by atoms with Gasteiger partial charge >= 0.3 is 11.9 Å². The van der Waals surface area contributed by atoms with Crippen molar-refractivity contribution in [3.63, 3.8) is 0 Å². The van der Waals surface area contributed by atoms with E-state index in [-0.39, 0.29) is 6.42 Å². The second-order valence-electron chi connectivity index (χ2n) is 6.19. The molecule has 0 amide bonds. The Kier molecular flexibility index (Phi) is 5.49. The SMILES string of the molecule is Cc1cccc(C(C(=O)OC(C)(C)C)[C@@H](N)CC(=O)O)c1. The molecule has 0 aliphatic rings. The van der Waals surface area contributed by atoms with Crippen LogP contribution in [0.15, 0.2) is 24.3 Å². The zero-order chi connectivity index (χ0) is 16.2. The fourth-order valence-electron chi connectivity index (χ4n) is 2.11. The molecule has 0 saturated heterocycles. The predicted octanol–water partition coefficient (Wildman–Crippen LogP) is 2.22. The van der Waals surface area contributed by atoms with Crippen LogP contribution in [0.1, 0.15) is 44.2 Å². The highest BCUT2D eigenvalue weighted by atomic mass is 16.6. The summed E-state index contributed by atoms with van der Waals surface area (Å²) in [6, 6.07) is 6.48. The Morgan fingerprint density at radius 2 is 1.95 bits per heavy atom. The molecule has 5 nitrogen and oxygen atoms in total. The number of carboxylic acids is 1. The number of benzene rings is 1. The number of hydrogen-bond donors (Lipinski definition) is 2. The average molecular weight is 293 g/mol. The summed E-state index contributed by atoms with van der Waals surface area (Å²) in [5, 5.41) is 8.92. The molecular formula is C16H23NO4. The number of hydrogen-bond acceptors (Lipinski definition) is 4. The largest absolute Gasteiger partial charge is 0.481 e. The molecule has 116 valence electrons. The van der Waals surface area contributed by atoms with Crippen molar-refractivity contribution in [2.45, 2.75) is 51.7 Å². The molecular weight excluding hydrogens is 270 g/mol. The maximum atomic E-state index is 12.4. The fourth-order valence-corrected chi connectivity index (χ4v) is 2.11. The van der Waals surface area contributed by atoms with Gasteiger partial charge in [0, 0.05) is 6.04 Å². The molecule has 0 fully saturated rings. The maximum Gasteiger partial charge on any atom is 0.315 e. The van der Waals surface area contributed by atoms with E-state index in [1.54, 1.807) is 26.8 Å². The summed E-state index contributed by atoms with van der Waals surface area (Å²) in [6.45, 7) is 7.20. The van der Waals surface area contributed by atoms with E-state index >= 15 is 0 Å². The summed E-state index contributed by atoms with van der Waals surface area (Å²) in [4.78, 5) is 23.3. The minimum atomic E-state index is -1.04. The lowest BCUT2D eigenvalue weighted by molar-refractivity contribution is -0.157. The number of carbonyl (C=O) groups excluding carboxylic acids is 1. The topological polar surface area (TPSA) is 89.6 Å². The first-order valence-electron chi connectivity index (χ1n) is 6.87. The molecule has 1 unspecified atom stereocenters. The molecule has 0 saturated carbocycles. The van der Waals surface area contributed by atoms with Crippen molar-refractivity contribution in [1.29, 1.82) is 0 Å². The average Bonchev–Trinajstić information content (AvgIpc) is 2.25. The van der Waals surface area contributed by atoms with Crippen molar-refractivity contribution in [1.82, 2.24) is 0 Å². The second-order valence-corrected chi connectivity index (χ2v) is 6.19. The van der Waals surface area contributed by atoms with Crippen LogP contribution in [-0.2, 0) is 14.3 Å². The Hall–Kier alpha value is -1.88. The molecule has 0 aliphatic carbocycles. The molecule has 0 aliphatic heterocycles. The van der Waals surface area contributed by atoms with E-state index in [9.17, 15) is 9.59 Å². The van der Waals surface area contributed by atoms with Gasteiger partial charge in [0.25, 0.3) is 0 Å². The molecule has 21 heavy (non-hydrogen) atoms. The number of rotatable bonds is 5. The molecule has 0 bridgehead atoms. The van der Waals surface area contributed by atoms with E-state index in [1.165, 1.54) is 0 Å². The van der Waals surface area contributed by atoms with Crippen LogP contribution in [0.2, 0.25) is 0 Å². The van der Waals surface area contributed by atoms with Gasteiger partial charge in [-0.15, -0.1) is 0 Å². The van der Waals surface area contributed by atoms with Crippen molar-refractivity contribution in [2.24, 2.45) is 5.73 Å². The van der Waals surface area contributed by atoms with Crippen LogP contribution < -0.4 is 5.73 Å². The van der Waals surface area contributed by atoms with Crippen LogP contribution in [0.5, 0.6) is 0 Å². The Bertz CT molecular complexity index is 519. The summed E-state index contributed by atoms with van der Waals surface area (Å²) >= 11 is 0. The Balaban J connectivity index is 3.10.